The minimum Gasteiger partial charge on any atom is -0.487 e. The number of carbonyl (C=O) groups is 2. The van der Waals surface area contributed by atoms with Gasteiger partial charge in [0.25, 0.3) is 0 Å². The summed E-state index contributed by atoms with van der Waals surface area (Å²) in [5, 5.41) is 2.94. The van der Waals surface area contributed by atoms with Crippen LogP contribution in [0.4, 0.5) is 10.5 Å². The van der Waals surface area contributed by atoms with Gasteiger partial charge in [0, 0.05) is 63.3 Å². The molecule has 3 saturated heterocycles. The van der Waals surface area contributed by atoms with Crippen molar-refractivity contribution in [3.05, 3.63) is 54.4 Å². The van der Waals surface area contributed by atoms with Gasteiger partial charge in [0.1, 0.15) is 11.9 Å². The Kier molecular flexibility index (Phi) is 6.64. The van der Waals surface area contributed by atoms with E-state index in [0.29, 0.717) is 38.6 Å². The summed E-state index contributed by atoms with van der Waals surface area (Å²) in [6.07, 6.45) is 3.64. The number of ether oxygens (including phenoxy) is 1. The number of likely N-dealkylation sites (N-methyl/N-ethyl adjacent to an activating group) is 1. The number of nitrogens with zero attached hydrogens (tertiary/aromatic N) is 5. The molecular formula is C25H32N6O3. The second kappa shape index (κ2) is 9.99. The number of anilines is 1. The molecule has 5 rings (SSSR count). The van der Waals surface area contributed by atoms with Crippen LogP contribution >= 0.6 is 0 Å². The number of amides is 3. The van der Waals surface area contributed by atoms with Crippen LogP contribution < -0.4 is 10.1 Å². The van der Waals surface area contributed by atoms with Crippen molar-refractivity contribution in [1.29, 1.82) is 0 Å². The van der Waals surface area contributed by atoms with Crippen molar-refractivity contribution in [3.8, 4) is 5.75 Å². The van der Waals surface area contributed by atoms with E-state index in [2.05, 4.69) is 33.2 Å². The predicted molar refractivity (Wildman–Crippen MR) is 129 cm³/mol. The Balaban J connectivity index is 1.01. The summed E-state index contributed by atoms with van der Waals surface area (Å²) in [6.45, 7) is 7.06. The Morgan fingerprint density at radius 1 is 1.00 bits per heavy atom. The number of hydrogen-bond donors (Lipinski definition) is 1. The lowest BCUT2D eigenvalue weighted by molar-refractivity contribution is -0.141. The monoisotopic (exact) mass is 464 g/mol. The molecule has 4 heterocycles. The van der Waals surface area contributed by atoms with Gasteiger partial charge in [0.2, 0.25) is 5.91 Å². The van der Waals surface area contributed by atoms with Gasteiger partial charge in [0.05, 0.1) is 19.6 Å². The van der Waals surface area contributed by atoms with Gasteiger partial charge in [0.15, 0.2) is 0 Å². The maximum Gasteiger partial charge on any atom is 0.321 e. The van der Waals surface area contributed by atoms with Crippen LogP contribution in [0, 0.1) is 0 Å². The fraction of sp³-hybridized carbons (Fsp3) is 0.480. The van der Waals surface area contributed by atoms with Gasteiger partial charge in [-0.15, -0.1) is 0 Å². The Morgan fingerprint density at radius 2 is 1.74 bits per heavy atom. The van der Waals surface area contributed by atoms with Gasteiger partial charge in [-0.1, -0.05) is 6.07 Å². The zero-order valence-corrected chi connectivity index (χ0v) is 19.6. The highest BCUT2D eigenvalue weighted by Gasteiger charge is 2.34. The summed E-state index contributed by atoms with van der Waals surface area (Å²) in [7, 11) is 2.11. The Labute approximate surface area is 200 Å². The topological polar surface area (TPSA) is 81.2 Å². The Bertz CT molecular complexity index is 981. The fourth-order valence-corrected chi connectivity index (χ4v) is 4.50. The third-order valence-corrected chi connectivity index (χ3v) is 6.89. The molecule has 0 saturated carbocycles. The molecule has 3 amide bonds. The summed E-state index contributed by atoms with van der Waals surface area (Å²) in [5.41, 5.74) is 1.91. The number of hydrogen-bond acceptors (Lipinski definition) is 6. The lowest BCUT2D eigenvalue weighted by Crippen LogP contribution is -2.59. The minimum absolute atomic E-state index is 0.0161. The van der Waals surface area contributed by atoms with E-state index in [9.17, 15) is 9.59 Å². The molecular weight excluding hydrogens is 432 g/mol. The number of benzene rings is 1. The minimum atomic E-state index is -0.0951. The van der Waals surface area contributed by atoms with Crippen LogP contribution in [-0.4, -0.2) is 109 Å². The summed E-state index contributed by atoms with van der Waals surface area (Å²) in [5.74, 6) is 1.28. The van der Waals surface area contributed by atoms with Crippen LogP contribution in [0.5, 0.6) is 5.75 Å². The number of aromatic nitrogens is 1. The third kappa shape index (κ3) is 5.31. The van der Waals surface area contributed by atoms with E-state index in [4.69, 9.17) is 4.74 Å². The largest absolute Gasteiger partial charge is 0.487 e. The second-order valence-electron chi connectivity index (χ2n) is 9.46. The molecule has 0 radical (unpaired) electrons. The predicted octanol–water partition coefficient (Wildman–Crippen LogP) is 1.55. The highest BCUT2D eigenvalue weighted by molar-refractivity contribution is 5.90. The average Bonchev–Trinajstić information content (AvgIpc) is 2.78. The maximum absolute atomic E-state index is 12.5. The van der Waals surface area contributed by atoms with Crippen molar-refractivity contribution in [1.82, 2.24) is 24.6 Å². The number of urea groups is 1. The molecule has 180 valence electrons. The van der Waals surface area contributed by atoms with E-state index in [1.807, 2.05) is 41.4 Å². The van der Waals surface area contributed by atoms with Gasteiger partial charge in [-0.3, -0.25) is 14.7 Å². The van der Waals surface area contributed by atoms with Crippen LogP contribution in [0.2, 0.25) is 0 Å². The Hall–Kier alpha value is -3.17. The molecule has 0 spiro atoms. The van der Waals surface area contributed by atoms with E-state index < -0.39 is 0 Å². The molecule has 34 heavy (non-hydrogen) atoms. The van der Waals surface area contributed by atoms with Gasteiger partial charge >= 0.3 is 6.03 Å². The van der Waals surface area contributed by atoms with Gasteiger partial charge in [-0.2, -0.15) is 0 Å². The summed E-state index contributed by atoms with van der Waals surface area (Å²) < 4.78 is 5.99. The Morgan fingerprint density at radius 3 is 2.41 bits per heavy atom. The number of rotatable bonds is 6. The molecule has 1 aromatic heterocycles. The number of carbonyl (C=O) groups excluding carboxylic acids is 2. The van der Waals surface area contributed by atoms with Crippen molar-refractivity contribution in [3.63, 3.8) is 0 Å². The average molecular weight is 465 g/mol. The molecule has 0 atom stereocenters. The second-order valence-corrected chi connectivity index (χ2v) is 9.46. The van der Waals surface area contributed by atoms with Crippen molar-refractivity contribution in [2.75, 3.05) is 71.3 Å². The molecule has 1 N–H and O–H groups in total. The smallest absolute Gasteiger partial charge is 0.321 e. The van der Waals surface area contributed by atoms with Crippen molar-refractivity contribution >= 4 is 17.6 Å². The normalized spacial score (nSPS) is 19.9. The number of likely N-dealkylation sites (tertiary alicyclic amines) is 2. The van der Waals surface area contributed by atoms with E-state index in [-0.39, 0.29) is 18.0 Å². The molecule has 0 aliphatic carbocycles. The van der Waals surface area contributed by atoms with Crippen LogP contribution in [-0.2, 0) is 4.79 Å². The van der Waals surface area contributed by atoms with E-state index in [1.165, 1.54) is 5.56 Å². The molecule has 2 aromatic rings. The first-order valence-corrected chi connectivity index (χ1v) is 11.9. The highest BCUT2D eigenvalue weighted by atomic mass is 16.5. The molecule has 0 unspecified atom stereocenters. The maximum atomic E-state index is 12.5. The lowest BCUT2D eigenvalue weighted by atomic mass is 9.93. The molecule has 9 nitrogen and oxygen atoms in total. The summed E-state index contributed by atoms with van der Waals surface area (Å²) in [6, 6.07) is 11.3. The molecule has 3 fully saturated rings. The first-order chi connectivity index (χ1) is 16.5. The zero-order valence-electron chi connectivity index (χ0n) is 19.6. The fourth-order valence-electron chi connectivity index (χ4n) is 4.50. The highest BCUT2D eigenvalue weighted by Crippen LogP contribution is 2.27. The van der Waals surface area contributed by atoms with Gasteiger partial charge in [-0.05, 0) is 42.9 Å². The number of nitrogens with one attached hydrogen (secondary N) is 1. The molecule has 0 bridgehead atoms. The van der Waals surface area contributed by atoms with E-state index in [1.54, 1.807) is 11.1 Å². The van der Waals surface area contributed by atoms with Crippen LogP contribution in [0.1, 0.15) is 11.5 Å². The van der Waals surface area contributed by atoms with Gasteiger partial charge < -0.3 is 24.8 Å². The molecule has 9 heteroatoms. The first kappa shape index (κ1) is 22.6. The molecule has 3 aliphatic heterocycles. The molecule has 3 aliphatic rings. The van der Waals surface area contributed by atoms with Crippen molar-refractivity contribution in [2.45, 2.75) is 12.0 Å². The summed E-state index contributed by atoms with van der Waals surface area (Å²) >= 11 is 0. The lowest BCUT2D eigenvalue weighted by Gasteiger charge is -2.40. The molecule has 1 aromatic carbocycles. The number of pyridine rings is 1. The van der Waals surface area contributed by atoms with Crippen LogP contribution in [0.25, 0.3) is 0 Å². The first-order valence-electron chi connectivity index (χ1n) is 11.9. The van der Waals surface area contributed by atoms with Crippen LogP contribution in [0.3, 0.4) is 0 Å². The van der Waals surface area contributed by atoms with Crippen LogP contribution in [0.15, 0.2) is 48.8 Å². The number of piperazine rings is 1. The third-order valence-electron chi connectivity index (χ3n) is 6.89. The summed E-state index contributed by atoms with van der Waals surface area (Å²) in [4.78, 5) is 37.3. The van der Waals surface area contributed by atoms with Gasteiger partial charge in [-0.25, -0.2) is 4.79 Å². The van der Waals surface area contributed by atoms with E-state index >= 15 is 0 Å². The van der Waals surface area contributed by atoms with Crippen molar-refractivity contribution < 1.29 is 14.3 Å². The van der Waals surface area contributed by atoms with E-state index in [0.717, 1.165) is 37.6 Å². The standard InChI is InChI=1S/C25H32N6O3/c1-28-9-11-29(12-10-28)18-24(32)30-16-23(17-30)34-22-6-4-21(5-7-22)27-25(33)31-14-20(15-31)19-3-2-8-26-13-19/h2-8,13,20,23H,9-12,14-18H2,1H3,(H,27,33). The SMILES string of the molecule is CN1CCN(CC(=O)N2CC(Oc3ccc(NC(=O)N4CC(c5cccnc5)C4)cc3)C2)CC1. The zero-order chi connectivity index (χ0) is 23.5. The quantitative estimate of drug-likeness (QED) is 0.699. The van der Waals surface area contributed by atoms with Crippen molar-refractivity contribution in [2.24, 2.45) is 0 Å².